The van der Waals surface area contributed by atoms with Gasteiger partial charge in [-0.3, -0.25) is 0 Å². The van der Waals surface area contributed by atoms with Gasteiger partial charge in [-0.1, -0.05) is 0 Å². The number of aryl methyl sites for hydroxylation is 1. The van der Waals surface area contributed by atoms with E-state index in [4.69, 9.17) is 0 Å². The van der Waals surface area contributed by atoms with Gasteiger partial charge in [-0.15, -0.1) is 0 Å². The molecular formula is C53H43Zr. The molecule has 0 spiro atoms. The molecule has 0 radical (unpaired) electrons. The van der Waals surface area contributed by atoms with Crippen LogP contribution in [0.3, 0.4) is 0 Å². The van der Waals surface area contributed by atoms with Crippen molar-refractivity contribution in [3.8, 4) is 0 Å². The fourth-order valence-corrected chi connectivity index (χ4v) is 13.0. The average Bonchev–Trinajstić information content (AvgIpc) is 3.90. The SMILES string of the molecule is CCc1ccc2c(c1)=[C]([Zr]=[C](c1ccccc1)c1ccccc1)C1=C(C3=CC=CC3)C(CC)(c3ccccc3)C(c3ccccc3)=C(c3ccccc3)C=21. The minimum atomic E-state index is -1.51. The zero-order valence-electron chi connectivity index (χ0n) is 31.0. The molecule has 3 aliphatic rings. The molecule has 0 aliphatic heterocycles. The molecule has 0 bridgehead atoms. The minimum absolute atomic E-state index is 0.398. The molecule has 259 valence electrons. The van der Waals surface area contributed by atoms with Crippen molar-refractivity contribution >= 4 is 23.2 Å². The molecule has 0 nitrogen and oxygen atoms in total. The summed E-state index contributed by atoms with van der Waals surface area (Å²) in [6.07, 6.45) is 9.95. The van der Waals surface area contributed by atoms with Crippen LogP contribution in [-0.4, -0.2) is 3.21 Å². The molecule has 6 aromatic rings. The predicted molar refractivity (Wildman–Crippen MR) is 225 cm³/mol. The Morgan fingerprint density at radius 1 is 0.556 bits per heavy atom. The van der Waals surface area contributed by atoms with Gasteiger partial charge in [0.25, 0.3) is 0 Å². The van der Waals surface area contributed by atoms with Crippen molar-refractivity contribution < 1.29 is 22.8 Å². The number of benzene rings is 6. The Labute approximate surface area is 331 Å². The van der Waals surface area contributed by atoms with Crippen molar-refractivity contribution in [2.24, 2.45) is 0 Å². The first kappa shape index (κ1) is 34.5. The number of fused-ring (bicyclic) bond motifs is 2. The van der Waals surface area contributed by atoms with Gasteiger partial charge in [-0.2, -0.15) is 0 Å². The van der Waals surface area contributed by atoms with Gasteiger partial charge in [0.2, 0.25) is 0 Å². The first-order valence-corrected chi connectivity index (χ1v) is 21.8. The molecule has 1 atom stereocenters. The topological polar surface area (TPSA) is 0 Å². The molecule has 9 rings (SSSR count). The molecule has 6 aromatic carbocycles. The molecule has 0 saturated heterocycles. The summed E-state index contributed by atoms with van der Waals surface area (Å²) in [5, 5.41) is 2.83. The predicted octanol–water partition coefficient (Wildman–Crippen LogP) is 11.0. The van der Waals surface area contributed by atoms with Gasteiger partial charge in [-0.25, -0.2) is 0 Å². The first-order valence-electron chi connectivity index (χ1n) is 19.4. The van der Waals surface area contributed by atoms with Crippen LogP contribution in [-0.2, 0) is 34.6 Å². The Balaban J connectivity index is 1.54. The van der Waals surface area contributed by atoms with E-state index in [1.807, 2.05) is 0 Å². The van der Waals surface area contributed by atoms with Gasteiger partial charge in [0.1, 0.15) is 0 Å². The Bertz CT molecular complexity index is 2600. The van der Waals surface area contributed by atoms with Crippen LogP contribution in [0, 0.1) is 0 Å². The second kappa shape index (κ2) is 14.9. The van der Waals surface area contributed by atoms with E-state index in [-0.39, 0.29) is 0 Å². The molecule has 0 N–H and O–H groups in total. The molecular weight excluding hydrogens is 728 g/mol. The van der Waals surface area contributed by atoms with E-state index in [2.05, 4.69) is 202 Å². The van der Waals surface area contributed by atoms with Gasteiger partial charge >= 0.3 is 333 Å². The standard InChI is InChI=1S/C40H33.C13H10.Zr/c1-3-28-24-25-34-32(26-28)27-35-37(34)36(29-16-8-5-9-17-29)39(31-18-10-6-11-19-31)40(4-2,33-22-12-7-13-23-33)38(35)30-20-14-15-21-30;1-3-7-12(8-4-1)11-13-9-5-2-6-10-13;/h5-20,22-26H,3-4,21H2,1-2H3;1-10H;. The number of allylic oxidation sites excluding steroid dienone is 8. The first-order chi connectivity index (χ1) is 26.7. The third-order valence-corrected chi connectivity index (χ3v) is 15.4. The van der Waals surface area contributed by atoms with Crippen LogP contribution in [0.1, 0.15) is 60.1 Å². The molecule has 0 fully saturated rings. The summed E-state index contributed by atoms with van der Waals surface area (Å²) in [6.45, 7) is 4.72. The summed E-state index contributed by atoms with van der Waals surface area (Å²) < 4.78 is 3.12. The zero-order valence-corrected chi connectivity index (χ0v) is 33.5. The Hall–Kier alpha value is -5.23. The zero-order chi connectivity index (χ0) is 36.5. The maximum atomic E-state index is 2.55. The van der Waals surface area contributed by atoms with Crippen molar-refractivity contribution in [1.29, 1.82) is 0 Å². The van der Waals surface area contributed by atoms with E-state index in [1.165, 1.54) is 80.5 Å². The summed E-state index contributed by atoms with van der Waals surface area (Å²) in [5.74, 6) is 0. The second-order valence-corrected chi connectivity index (χ2v) is 17.5. The van der Waals surface area contributed by atoms with E-state index in [1.54, 1.807) is 3.28 Å². The van der Waals surface area contributed by atoms with Crippen LogP contribution < -0.4 is 10.4 Å². The summed E-state index contributed by atoms with van der Waals surface area (Å²) in [7, 11) is 0. The molecule has 0 saturated carbocycles. The molecule has 3 aliphatic carbocycles. The van der Waals surface area contributed by atoms with Crippen molar-refractivity contribution in [3.63, 3.8) is 0 Å². The summed E-state index contributed by atoms with van der Waals surface area (Å²) in [6, 6.07) is 63.9. The third-order valence-electron chi connectivity index (χ3n) is 11.5. The van der Waals surface area contributed by atoms with Gasteiger partial charge < -0.3 is 0 Å². The van der Waals surface area contributed by atoms with Crippen LogP contribution in [0.25, 0.3) is 20.0 Å². The van der Waals surface area contributed by atoms with E-state index >= 15 is 0 Å². The van der Waals surface area contributed by atoms with Crippen molar-refractivity contribution in [3.05, 3.63) is 249 Å². The molecule has 0 aromatic heterocycles. The van der Waals surface area contributed by atoms with Crippen LogP contribution >= 0.6 is 0 Å². The van der Waals surface area contributed by atoms with Crippen molar-refractivity contribution in [1.82, 2.24) is 0 Å². The van der Waals surface area contributed by atoms with Crippen LogP contribution in [0.15, 0.2) is 205 Å². The summed E-state index contributed by atoms with van der Waals surface area (Å²) >= 11 is -1.51. The molecule has 1 heteroatoms. The third kappa shape index (κ3) is 5.82. The quantitative estimate of drug-likeness (QED) is 0.137. The van der Waals surface area contributed by atoms with Crippen molar-refractivity contribution in [2.75, 3.05) is 0 Å². The van der Waals surface area contributed by atoms with Crippen molar-refractivity contribution in [2.45, 2.75) is 38.5 Å². The molecule has 0 heterocycles. The molecule has 1 unspecified atom stereocenters. The summed E-state index contributed by atoms with van der Waals surface area (Å²) in [4.78, 5) is 0. The van der Waals surface area contributed by atoms with E-state index in [9.17, 15) is 0 Å². The molecule has 0 amide bonds. The maximum absolute atomic E-state index is 2.55. The van der Waals surface area contributed by atoms with E-state index < -0.39 is 28.2 Å². The van der Waals surface area contributed by atoms with Gasteiger partial charge in [0, 0.05) is 0 Å². The Kier molecular flexibility index (Phi) is 9.52. The summed E-state index contributed by atoms with van der Waals surface area (Å²) in [5.41, 5.74) is 16.3. The van der Waals surface area contributed by atoms with E-state index in [0.29, 0.717) is 0 Å². The number of rotatable bonds is 9. The second-order valence-electron chi connectivity index (χ2n) is 14.4. The average molecular weight is 771 g/mol. The number of hydrogen-bond acceptors (Lipinski definition) is 0. The van der Waals surface area contributed by atoms with Gasteiger partial charge in [0.15, 0.2) is 0 Å². The fraction of sp³-hybridized carbons (Fsp3) is 0.113. The van der Waals surface area contributed by atoms with Crippen LogP contribution in [0.5, 0.6) is 0 Å². The molecule has 54 heavy (non-hydrogen) atoms. The van der Waals surface area contributed by atoms with Crippen LogP contribution in [0.2, 0.25) is 0 Å². The Morgan fingerprint density at radius 2 is 1.13 bits per heavy atom. The normalized spacial score (nSPS) is 17.3. The monoisotopic (exact) mass is 769 g/mol. The number of hydrogen-bond donors (Lipinski definition) is 0. The Morgan fingerprint density at radius 3 is 1.69 bits per heavy atom. The van der Waals surface area contributed by atoms with E-state index in [0.717, 1.165) is 19.3 Å². The van der Waals surface area contributed by atoms with Crippen LogP contribution in [0.4, 0.5) is 0 Å². The fourth-order valence-electron chi connectivity index (χ4n) is 9.12. The van der Waals surface area contributed by atoms with Gasteiger partial charge in [-0.05, 0) is 0 Å². The van der Waals surface area contributed by atoms with Gasteiger partial charge in [0.05, 0.1) is 0 Å².